The molecule has 0 unspecified atom stereocenters. The third kappa shape index (κ3) is 2.35. The van der Waals surface area contributed by atoms with Gasteiger partial charge in [0.05, 0.1) is 23.7 Å². The molecule has 0 aromatic heterocycles. The van der Waals surface area contributed by atoms with Crippen LogP contribution in [-0.4, -0.2) is 22.4 Å². The van der Waals surface area contributed by atoms with Gasteiger partial charge in [0, 0.05) is 0 Å². The highest BCUT2D eigenvalue weighted by molar-refractivity contribution is 6.69. The van der Waals surface area contributed by atoms with Gasteiger partial charge in [0.25, 0.3) is 5.69 Å². The lowest BCUT2D eigenvalue weighted by Gasteiger charge is -2.02. The van der Waals surface area contributed by atoms with Crippen LogP contribution in [0.1, 0.15) is 5.56 Å². The molecule has 0 heterocycles. The van der Waals surface area contributed by atoms with E-state index in [2.05, 4.69) is 5.16 Å². The van der Waals surface area contributed by atoms with Crippen LogP contribution in [0.3, 0.4) is 0 Å². The van der Waals surface area contributed by atoms with Crippen LogP contribution in [0.25, 0.3) is 0 Å². The third-order valence-corrected chi connectivity index (χ3v) is 1.99. The second-order valence-corrected chi connectivity index (χ2v) is 2.89. The van der Waals surface area contributed by atoms with Crippen molar-refractivity contribution in [3.05, 3.63) is 33.9 Å². The topological polar surface area (TPSA) is 85.0 Å². The van der Waals surface area contributed by atoms with Gasteiger partial charge in [-0.25, -0.2) is 0 Å². The molecule has 0 atom stereocenters. The molecule has 0 bridgehead atoms. The van der Waals surface area contributed by atoms with E-state index in [4.69, 9.17) is 21.5 Å². The van der Waals surface area contributed by atoms with Gasteiger partial charge in [-0.15, -0.1) is 0 Å². The Morgan fingerprint density at radius 2 is 2.33 bits per heavy atom. The van der Waals surface area contributed by atoms with E-state index < -0.39 is 4.92 Å². The monoisotopic (exact) mass is 230 g/mol. The normalized spacial score (nSPS) is 11.2. The largest absolute Gasteiger partial charge is 0.497 e. The molecular weight excluding hydrogens is 224 g/mol. The summed E-state index contributed by atoms with van der Waals surface area (Å²) in [7, 11) is 1.39. The minimum absolute atomic E-state index is 0.0324. The minimum Gasteiger partial charge on any atom is -0.497 e. The van der Waals surface area contributed by atoms with E-state index in [-0.39, 0.29) is 16.4 Å². The fourth-order valence-electron chi connectivity index (χ4n) is 1.02. The maximum atomic E-state index is 10.7. The molecule has 0 saturated carbocycles. The number of halogens is 1. The van der Waals surface area contributed by atoms with Gasteiger partial charge in [-0.05, 0) is 12.1 Å². The molecular formula is C8H7ClN2O4. The highest BCUT2D eigenvalue weighted by Gasteiger charge is 2.18. The minimum atomic E-state index is -0.634. The SMILES string of the molecule is COc1ccc(C(Cl)=NO)c([N+](=O)[O-])c1. The highest BCUT2D eigenvalue weighted by atomic mass is 35.5. The number of rotatable bonds is 3. The van der Waals surface area contributed by atoms with Gasteiger partial charge in [0.2, 0.25) is 0 Å². The molecule has 6 nitrogen and oxygen atoms in total. The van der Waals surface area contributed by atoms with Crippen LogP contribution in [0.5, 0.6) is 5.75 Å². The quantitative estimate of drug-likeness (QED) is 0.372. The van der Waals surface area contributed by atoms with E-state index in [9.17, 15) is 10.1 Å². The average Bonchev–Trinajstić information content (AvgIpc) is 2.27. The van der Waals surface area contributed by atoms with E-state index in [1.807, 2.05) is 0 Å². The standard InChI is InChI=1S/C8H7ClN2O4/c1-15-5-2-3-6(8(9)10-12)7(4-5)11(13)14/h2-4,12H,1H3. The molecule has 0 spiro atoms. The van der Waals surface area contributed by atoms with E-state index in [0.29, 0.717) is 5.75 Å². The Kier molecular flexibility index (Phi) is 3.46. The molecule has 1 aromatic rings. The molecule has 0 aliphatic heterocycles. The summed E-state index contributed by atoms with van der Waals surface area (Å²) in [5, 5.41) is 21.4. The predicted molar refractivity (Wildman–Crippen MR) is 53.8 cm³/mol. The second-order valence-electron chi connectivity index (χ2n) is 2.53. The smallest absolute Gasteiger partial charge is 0.283 e. The Morgan fingerprint density at radius 3 is 2.80 bits per heavy atom. The van der Waals surface area contributed by atoms with Gasteiger partial charge in [-0.2, -0.15) is 0 Å². The third-order valence-electron chi connectivity index (χ3n) is 1.71. The van der Waals surface area contributed by atoms with Crippen molar-refractivity contribution in [2.45, 2.75) is 0 Å². The van der Waals surface area contributed by atoms with Gasteiger partial charge < -0.3 is 9.94 Å². The lowest BCUT2D eigenvalue weighted by Crippen LogP contribution is -2.00. The van der Waals surface area contributed by atoms with Crippen LogP contribution in [0, 0.1) is 10.1 Å². The molecule has 0 radical (unpaired) electrons. The molecule has 1 aromatic carbocycles. The summed E-state index contributed by atoms with van der Waals surface area (Å²) in [5.41, 5.74) is -0.248. The molecule has 7 heteroatoms. The van der Waals surface area contributed by atoms with Crippen LogP contribution in [0.2, 0.25) is 0 Å². The molecule has 1 N–H and O–H groups in total. The van der Waals surface area contributed by atoms with Crippen molar-refractivity contribution in [2.75, 3.05) is 7.11 Å². The zero-order valence-electron chi connectivity index (χ0n) is 7.68. The fourth-order valence-corrected chi connectivity index (χ4v) is 1.18. The molecule has 80 valence electrons. The summed E-state index contributed by atoms with van der Waals surface area (Å²) in [6.07, 6.45) is 0. The Balaban J connectivity index is 3.34. The summed E-state index contributed by atoms with van der Waals surface area (Å²) in [6.45, 7) is 0. The van der Waals surface area contributed by atoms with Crippen molar-refractivity contribution in [2.24, 2.45) is 5.16 Å². The van der Waals surface area contributed by atoms with Crippen LogP contribution in [0.4, 0.5) is 5.69 Å². The van der Waals surface area contributed by atoms with Crippen molar-refractivity contribution < 1.29 is 14.9 Å². The van der Waals surface area contributed by atoms with Crippen LogP contribution in [0.15, 0.2) is 23.4 Å². The lowest BCUT2D eigenvalue weighted by atomic mass is 10.2. The first-order valence-electron chi connectivity index (χ1n) is 3.80. The first-order chi connectivity index (χ1) is 7.10. The maximum absolute atomic E-state index is 10.7. The van der Waals surface area contributed by atoms with Crippen molar-refractivity contribution in [1.29, 1.82) is 0 Å². The van der Waals surface area contributed by atoms with Crippen molar-refractivity contribution in [3.8, 4) is 5.75 Å². The van der Waals surface area contributed by atoms with Gasteiger partial charge in [-0.3, -0.25) is 10.1 Å². The fraction of sp³-hybridized carbons (Fsp3) is 0.125. The molecule has 0 amide bonds. The number of ether oxygens (including phenoxy) is 1. The van der Waals surface area contributed by atoms with E-state index in [1.165, 1.54) is 25.3 Å². The number of oxime groups is 1. The van der Waals surface area contributed by atoms with E-state index in [0.717, 1.165) is 0 Å². The highest BCUT2D eigenvalue weighted by Crippen LogP contribution is 2.25. The Morgan fingerprint density at radius 1 is 1.67 bits per heavy atom. The Labute approximate surface area is 89.9 Å². The predicted octanol–water partition coefficient (Wildman–Crippen LogP) is 1.98. The summed E-state index contributed by atoms with van der Waals surface area (Å²) in [6, 6.07) is 4.03. The molecule has 1 rings (SSSR count). The van der Waals surface area contributed by atoms with Gasteiger partial charge in [0.1, 0.15) is 5.75 Å². The molecule has 0 fully saturated rings. The number of hydrogen-bond acceptors (Lipinski definition) is 5. The maximum Gasteiger partial charge on any atom is 0.283 e. The summed E-state index contributed by atoms with van der Waals surface area (Å²) in [4.78, 5) is 10.0. The number of methoxy groups -OCH3 is 1. The number of benzene rings is 1. The molecule has 15 heavy (non-hydrogen) atoms. The number of hydrogen-bond donors (Lipinski definition) is 1. The van der Waals surface area contributed by atoms with Gasteiger partial charge in [-0.1, -0.05) is 16.8 Å². The van der Waals surface area contributed by atoms with Gasteiger partial charge >= 0.3 is 0 Å². The summed E-state index contributed by atoms with van der Waals surface area (Å²) >= 11 is 5.49. The number of nitro benzene ring substituents is 1. The van der Waals surface area contributed by atoms with Crippen molar-refractivity contribution in [1.82, 2.24) is 0 Å². The molecule has 0 aliphatic rings. The second kappa shape index (κ2) is 4.61. The first-order valence-corrected chi connectivity index (χ1v) is 4.18. The van der Waals surface area contributed by atoms with Crippen molar-refractivity contribution in [3.63, 3.8) is 0 Å². The van der Waals surface area contributed by atoms with Crippen LogP contribution in [-0.2, 0) is 0 Å². The Hall–Kier alpha value is -1.82. The van der Waals surface area contributed by atoms with Gasteiger partial charge in [0.15, 0.2) is 5.17 Å². The van der Waals surface area contributed by atoms with E-state index >= 15 is 0 Å². The summed E-state index contributed by atoms with van der Waals surface area (Å²) in [5.74, 6) is 0.327. The van der Waals surface area contributed by atoms with Crippen molar-refractivity contribution >= 4 is 22.5 Å². The van der Waals surface area contributed by atoms with E-state index in [1.54, 1.807) is 0 Å². The summed E-state index contributed by atoms with van der Waals surface area (Å²) < 4.78 is 4.82. The number of nitro groups is 1. The first kappa shape index (κ1) is 11.3. The Bertz CT molecular complexity index is 419. The average molecular weight is 231 g/mol. The van der Waals surface area contributed by atoms with Crippen LogP contribution >= 0.6 is 11.6 Å². The van der Waals surface area contributed by atoms with Crippen LogP contribution < -0.4 is 4.74 Å². The zero-order chi connectivity index (χ0) is 11.4. The lowest BCUT2D eigenvalue weighted by molar-refractivity contribution is -0.385. The molecule has 0 aliphatic carbocycles. The zero-order valence-corrected chi connectivity index (χ0v) is 8.43. The number of nitrogens with zero attached hydrogens (tertiary/aromatic N) is 2. The molecule has 0 saturated heterocycles.